The molecule has 4 nitrogen and oxygen atoms in total. The molecular formula is C9H18N2O2. The maximum Gasteiger partial charge on any atom is 0.245 e. The van der Waals surface area contributed by atoms with Gasteiger partial charge in [0.25, 0.3) is 0 Å². The van der Waals surface area contributed by atoms with Gasteiger partial charge in [0, 0.05) is 19.7 Å². The Hall–Kier alpha value is -0.610. The summed E-state index contributed by atoms with van der Waals surface area (Å²) in [5.74, 6) is -0.0273. The Morgan fingerprint density at radius 2 is 2.54 bits per heavy atom. The first-order chi connectivity index (χ1) is 6.33. The molecule has 2 N–H and O–H groups in total. The zero-order valence-corrected chi connectivity index (χ0v) is 8.14. The predicted octanol–water partition coefficient (Wildman–Crippen LogP) is -0.109. The lowest BCUT2D eigenvalue weighted by atomic mass is 10.1. The number of rotatable bonds is 5. The van der Waals surface area contributed by atoms with Gasteiger partial charge in [-0.3, -0.25) is 4.79 Å². The van der Waals surface area contributed by atoms with Crippen LogP contribution in [0.4, 0.5) is 0 Å². The van der Waals surface area contributed by atoms with E-state index in [9.17, 15) is 4.79 Å². The summed E-state index contributed by atoms with van der Waals surface area (Å²) in [6, 6.07) is 0.600. The minimum Gasteiger partial charge on any atom is -0.375 e. The molecule has 0 unspecified atom stereocenters. The van der Waals surface area contributed by atoms with Crippen LogP contribution in [0.15, 0.2) is 0 Å². The number of amides is 1. The highest BCUT2D eigenvalue weighted by Gasteiger charge is 2.13. The first kappa shape index (κ1) is 10.5. The summed E-state index contributed by atoms with van der Waals surface area (Å²) in [7, 11) is 1.53. The minimum absolute atomic E-state index is 0.0273. The van der Waals surface area contributed by atoms with E-state index in [4.69, 9.17) is 4.74 Å². The number of nitrogens with one attached hydrogen (secondary N) is 2. The lowest BCUT2D eigenvalue weighted by Gasteiger charge is -2.10. The monoisotopic (exact) mass is 186 g/mol. The van der Waals surface area contributed by atoms with E-state index in [0.717, 1.165) is 19.5 Å². The highest BCUT2D eigenvalue weighted by Crippen LogP contribution is 2.07. The van der Waals surface area contributed by atoms with E-state index < -0.39 is 0 Å². The summed E-state index contributed by atoms with van der Waals surface area (Å²) in [5, 5.41) is 6.19. The largest absolute Gasteiger partial charge is 0.375 e. The first-order valence-corrected chi connectivity index (χ1v) is 4.82. The third kappa shape index (κ3) is 4.24. The van der Waals surface area contributed by atoms with Crippen molar-refractivity contribution in [1.29, 1.82) is 0 Å². The third-order valence-electron chi connectivity index (χ3n) is 2.25. The van der Waals surface area contributed by atoms with Crippen molar-refractivity contribution >= 4 is 5.91 Å². The summed E-state index contributed by atoms with van der Waals surface area (Å²) in [6.07, 6.45) is 3.52. The van der Waals surface area contributed by atoms with Crippen LogP contribution in [0.1, 0.15) is 19.3 Å². The molecule has 0 aromatic rings. The van der Waals surface area contributed by atoms with Gasteiger partial charge in [-0.2, -0.15) is 0 Å². The van der Waals surface area contributed by atoms with E-state index in [-0.39, 0.29) is 12.5 Å². The normalized spacial score (nSPS) is 21.8. The molecule has 0 aromatic heterocycles. The molecule has 1 aliphatic heterocycles. The van der Waals surface area contributed by atoms with E-state index in [1.165, 1.54) is 20.0 Å². The number of ether oxygens (including phenoxy) is 1. The number of methoxy groups -OCH3 is 1. The Morgan fingerprint density at radius 1 is 1.69 bits per heavy atom. The van der Waals surface area contributed by atoms with Crippen molar-refractivity contribution in [3.63, 3.8) is 0 Å². The van der Waals surface area contributed by atoms with Crippen molar-refractivity contribution in [2.75, 3.05) is 26.8 Å². The Kier molecular flexibility index (Phi) is 4.78. The van der Waals surface area contributed by atoms with E-state index in [2.05, 4.69) is 10.6 Å². The van der Waals surface area contributed by atoms with Crippen molar-refractivity contribution in [1.82, 2.24) is 10.6 Å². The van der Waals surface area contributed by atoms with Gasteiger partial charge in [-0.1, -0.05) is 0 Å². The van der Waals surface area contributed by atoms with Gasteiger partial charge in [-0.25, -0.2) is 0 Å². The second-order valence-corrected chi connectivity index (χ2v) is 3.36. The molecule has 0 radical (unpaired) electrons. The van der Waals surface area contributed by atoms with Crippen molar-refractivity contribution in [2.24, 2.45) is 0 Å². The molecule has 1 rings (SSSR count). The first-order valence-electron chi connectivity index (χ1n) is 4.82. The summed E-state index contributed by atoms with van der Waals surface area (Å²) in [5.41, 5.74) is 0. The Balaban J connectivity index is 1.96. The molecular weight excluding hydrogens is 168 g/mol. The van der Waals surface area contributed by atoms with Gasteiger partial charge in [-0.05, 0) is 25.8 Å². The summed E-state index contributed by atoms with van der Waals surface area (Å²) in [4.78, 5) is 11.0. The fraction of sp³-hybridized carbons (Fsp3) is 0.889. The average molecular weight is 186 g/mol. The molecule has 0 aliphatic carbocycles. The molecule has 0 spiro atoms. The van der Waals surface area contributed by atoms with E-state index in [1.807, 2.05) is 0 Å². The van der Waals surface area contributed by atoms with Crippen LogP contribution in [0.2, 0.25) is 0 Å². The predicted molar refractivity (Wildman–Crippen MR) is 50.5 cm³/mol. The van der Waals surface area contributed by atoms with E-state index in [0.29, 0.717) is 6.04 Å². The Bertz CT molecular complexity index is 156. The standard InChI is InChI=1S/C9H18N2O2/c1-13-7-9(12)11-6-4-8-3-2-5-10-8/h8,10H,2-7H2,1H3,(H,11,12)/t8-/m0/s1. The highest BCUT2D eigenvalue weighted by molar-refractivity contribution is 5.77. The second-order valence-electron chi connectivity index (χ2n) is 3.36. The summed E-state index contributed by atoms with van der Waals surface area (Å²) < 4.78 is 4.70. The van der Waals surface area contributed by atoms with Gasteiger partial charge in [0.2, 0.25) is 5.91 Å². The molecule has 0 aromatic carbocycles. The van der Waals surface area contributed by atoms with Crippen molar-refractivity contribution < 1.29 is 9.53 Å². The van der Waals surface area contributed by atoms with Crippen LogP contribution in [-0.2, 0) is 9.53 Å². The molecule has 0 saturated carbocycles. The van der Waals surface area contributed by atoms with E-state index in [1.54, 1.807) is 0 Å². The van der Waals surface area contributed by atoms with Gasteiger partial charge >= 0.3 is 0 Å². The van der Waals surface area contributed by atoms with Crippen molar-refractivity contribution in [3.05, 3.63) is 0 Å². The number of carbonyl (C=O) groups is 1. The lowest BCUT2D eigenvalue weighted by molar-refractivity contribution is -0.124. The fourth-order valence-corrected chi connectivity index (χ4v) is 1.57. The van der Waals surface area contributed by atoms with Crippen LogP contribution in [0.5, 0.6) is 0 Å². The second kappa shape index (κ2) is 5.94. The van der Waals surface area contributed by atoms with Crippen molar-refractivity contribution in [3.8, 4) is 0 Å². The van der Waals surface area contributed by atoms with Crippen LogP contribution < -0.4 is 10.6 Å². The molecule has 1 amide bonds. The third-order valence-corrected chi connectivity index (χ3v) is 2.25. The lowest BCUT2D eigenvalue weighted by Crippen LogP contribution is -2.32. The molecule has 76 valence electrons. The van der Waals surface area contributed by atoms with Crippen LogP contribution in [0, 0.1) is 0 Å². The van der Waals surface area contributed by atoms with E-state index >= 15 is 0 Å². The molecule has 13 heavy (non-hydrogen) atoms. The maximum absolute atomic E-state index is 11.0. The highest BCUT2D eigenvalue weighted by atomic mass is 16.5. The molecule has 4 heteroatoms. The van der Waals surface area contributed by atoms with Crippen LogP contribution >= 0.6 is 0 Å². The fourth-order valence-electron chi connectivity index (χ4n) is 1.57. The Labute approximate surface area is 79.0 Å². The quantitative estimate of drug-likeness (QED) is 0.630. The van der Waals surface area contributed by atoms with Crippen LogP contribution in [0.3, 0.4) is 0 Å². The maximum atomic E-state index is 11.0. The molecule has 1 fully saturated rings. The molecule has 1 heterocycles. The SMILES string of the molecule is COCC(=O)NCC[C@@H]1CCCN1. The number of hydrogen-bond donors (Lipinski definition) is 2. The van der Waals surface area contributed by atoms with Gasteiger partial charge in [0.15, 0.2) is 0 Å². The molecule has 1 atom stereocenters. The van der Waals surface area contributed by atoms with Crippen molar-refractivity contribution in [2.45, 2.75) is 25.3 Å². The van der Waals surface area contributed by atoms with Crippen LogP contribution in [0.25, 0.3) is 0 Å². The molecule has 1 aliphatic rings. The zero-order valence-electron chi connectivity index (χ0n) is 8.14. The average Bonchev–Trinajstić information content (AvgIpc) is 2.57. The molecule has 1 saturated heterocycles. The van der Waals surface area contributed by atoms with Crippen LogP contribution in [-0.4, -0.2) is 38.8 Å². The summed E-state index contributed by atoms with van der Waals surface area (Å²) in [6.45, 7) is 2.04. The summed E-state index contributed by atoms with van der Waals surface area (Å²) >= 11 is 0. The zero-order chi connectivity index (χ0) is 9.52. The van der Waals surface area contributed by atoms with Gasteiger partial charge in [0.05, 0.1) is 0 Å². The number of hydrogen-bond acceptors (Lipinski definition) is 3. The molecule has 0 bridgehead atoms. The van der Waals surface area contributed by atoms with Gasteiger partial charge < -0.3 is 15.4 Å². The number of carbonyl (C=O) groups excluding carboxylic acids is 1. The van der Waals surface area contributed by atoms with Gasteiger partial charge in [0.1, 0.15) is 6.61 Å². The van der Waals surface area contributed by atoms with Gasteiger partial charge in [-0.15, -0.1) is 0 Å². The minimum atomic E-state index is -0.0273. The Morgan fingerprint density at radius 3 is 3.15 bits per heavy atom. The topological polar surface area (TPSA) is 50.4 Å². The smallest absolute Gasteiger partial charge is 0.245 e.